The Bertz CT molecular complexity index is 723. The fraction of sp³-hybridized carbons (Fsp3) is 0.312. The summed E-state index contributed by atoms with van der Waals surface area (Å²) in [5.74, 6) is 1.38. The minimum Gasteiger partial charge on any atom is -0.350 e. The lowest BCUT2D eigenvalue weighted by atomic mass is 10.1. The number of aromatic nitrogens is 3. The van der Waals surface area contributed by atoms with Crippen LogP contribution in [0.1, 0.15) is 25.1 Å². The van der Waals surface area contributed by atoms with E-state index < -0.39 is 0 Å². The summed E-state index contributed by atoms with van der Waals surface area (Å²) in [5, 5.41) is 1.25. The lowest BCUT2D eigenvalue weighted by Gasteiger charge is -2.05. The van der Waals surface area contributed by atoms with Crippen LogP contribution in [0.5, 0.6) is 0 Å². The first-order chi connectivity index (χ1) is 9.70. The summed E-state index contributed by atoms with van der Waals surface area (Å²) < 4.78 is 2.15. The molecule has 0 radical (unpaired) electrons. The molecule has 3 N–H and O–H groups in total. The molecular formula is C16H20N4. The average Bonchev–Trinajstić information content (AvgIpc) is 3.05. The number of para-hydroxylation sites is 1. The van der Waals surface area contributed by atoms with Crippen LogP contribution in [0.3, 0.4) is 0 Å². The topological polar surface area (TPSA) is 59.6 Å². The molecule has 2 aromatic heterocycles. The third kappa shape index (κ3) is 2.12. The largest absolute Gasteiger partial charge is 0.350 e. The van der Waals surface area contributed by atoms with Crippen LogP contribution in [-0.2, 0) is 7.05 Å². The number of hydrogen-bond donors (Lipinski definition) is 2. The number of aryl methyl sites for hydroxylation is 1. The van der Waals surface area contributed by atoms with E-state index in [1.165, 1.54) is 16.5 Å². The Morgan fingerprint density at radius 1 is 1.35 bits per heavy atom. The minimum absolute atomic E-state index is 0.365. The van der Waals surface area contributed by atoms with Crippen LogP contribution >= 0.6 is 0 Å². The number of nitrogens with one attached hydrogen (secondary N) is 1. The molecule has 1 atom stereocenters. The Hall–Kier alpha value is -2.07. The second-order valence-corrected chi connectivity index (χ2v) is 5.33. The molecule has 0 spiro atoms. The van der Waals surface area contributed by atoms with Crippen molar-refractivity contribution in [3.8, 4) is 11.3 Å². The summed E-state index contributed by atoms with van der Waals surface area (Å²) in [4.78, 5) is 7.95. The number of nitrogens with zero attached hydrogens (tertiary/aromatic N) is 2. The molecule has 1 unspecified atom stereocenters. The normalized spacial score (nSPS) is 12.9. The third-order valence-corrected chi connectivity index (χ3v) is 3.85. The van der Waals surface area contributed by atoms with E-state index in [9.17, 15) is 0 Å². The van der Waals surface area contributed by atoms with E-state index in [1.807, 2.05) is 6.20 Å². The van der Waals surface area contributed by atoms with Gasteiger partial charge in [0.15, 0.2) is 0 Å². The lowest BCUT2D eigenvalue weighted by Crippen LogP contribution is -2.05. The summed E-state index contributed by atoms with van der Waals surface area (Å²) >= 11 is 0. The summed E-state index contributed by atoms with van der Waals surface area (Å²) in [5.41, 5.74) is 9.11. The number of rotatable bonds is 4. The van der Waals surface area contributed by atoms with E-state index in [-0.39, 0.29) is 0 Å². The molecule has 0 aliphatic carbocycles. The highest BCUT2D eigenvalue weighted by atomic mass is 14.9. The van der Waals surface area contributed by atoms with Gasteiger partial charge in [-0.25, -0.2) is 4.98 Å². The molecule has 104 valence electrons. The molecule has 1 aromatic carbocycles. The Kier molecular flexibility index (Phi) is 3.32. The maximum Gasteiger partial charge on any atom is 0.109 e. The van der Waals surface area contributed by atoms with Crippen LogP contribution in [0.4, 0.5) is 0 Å². The molecule has 4 nitrogen and oxygen atoms in total. The zero-order valence-corrected chi connectivity index (χ0v) is 11.9. The van der Waals surface area contributed by atoms with Gasteiger partial charge in [-0.05, 0) is 19.0 Å². The molecule has 20 heavy (non-hydrogen) atoms. The second-order valence-electron chi connectivity index (χ2n) is 5.33. The van der Waals surface area contributed by atoms with Gasteiger partial charge in [0.2, 0.25) is 0 Å². The summed E-state index contributed by atoms with van der Waals surface area (Å²) in [6, 6.07) is 8.41. The van der Waals surface area contributed by atoms with Gasteiger partial charge in [0, 0.05) is 35.6 Å². The van der Waals surface area contributed by atoms with Crippen molar-refractivity contribution in [2.45, 2.75) is 19.3 Å². The number of H-pyrrole nitrogens is 1. The molecule has 0 fully saturated rings. The van der Waals surface area contributed by atoms with Gasteiger partial charge >= 0.3 is 0 Å². The van der Waals surface area contributed by atoms with E-state index in [0.29, 0.717) is 12.5 Å². The van der Waals surface area contributed by atoms with Crippen LogP contribution in [0.15, 0.2) is 36.7 Å². The smallest absolute Gasteiger partial charge is 0.109 e. The number of benzene rings is 1. The summed E-state index contributed by atoms with van der Waals surface area (Å²) in [6.07, 6.45) is 5.02. The number of imidazole rings is 1. The van der Waals surface area contributed by atoms with E-state index in [1.54, 1.807) is 0 Å². The Labute approximate surface area is 118 Å². The van der Waals surface area contributed by atoms with Crippen molar-refractivity contribution < 1.29 is 0 Å². The standard InChI is InChI=1S/C16H20N4/c1-11(7-8-17)16-18-9-14(19-16)13-10-20(2)15-6-4-3-5-12(13)15/h3-6,9-11H,7-8,17H2,1-2H3,(H,18,19). The molecule has 2 heterocycles. The molecular weight excluding hydrogens is 248 g/mol. The monoisotopic (exact) mass is 268 g/mol. The fourth-order valence-electron chi connectivity index (χ4n) is 2.67. The highest BCUT2D eigenvalue weighted by Gasteiger charge is 2.13. The predicted octanol–water partition coefficient (Wildman–Crippen LogP) is 3.02. The molecule has 0 aliphatic rings. The van der Waals surface area contributed by atoms with Crippen molar-refractivity contribution in [1.29, 1.82) is 0 Å². The maximum atomic E-state index is 5.62. The average molecular weight is 268 g/mol. The fourth-order valence-corrected chi connectivity index (χ4v) is 2.67. The molecule has 0 amide bonds. The van der Waals surface area contributed by atoms with Crippen LogP contribution in [0.2, 0.25) is 0 Å². The van der Waals surface area contributed by atoms with Gasteiger partial charge in [-0.1, -0.05) is 25.1 Å². The SMILES string of the molecule is CC(CCN)c1ncc(-c2cn(C)c3ccccc23)[nH]1. The number of aromatic amines is 1. The number of fused-ring (bicyclic) bond motifs is 1. The predicted molar refractivity (Wildman–Crippen MR) is 82.6 cm³/mol. The van der Waals surface area contributed by atoms with E-state index in [2.05, 4.69) is 59.0 Å². The van der Waals surface area contributed by atoms with E-state index in [4.69, 9.17) is 5.73 Å². The van der Waals surface area contributed by atoms with Gasteiger partial charge in [0.25, 0.3) is 0 Å². The quantitative estimate of drug-likeness (QED) is 0.764. The molecule has 0 saturated heterocycles. The Balaban J connectivity index is 2.03. The third-order valence-electron chi connectivity index (χ3n) is 3.85. The van der Waals surface area contributed by atoms with Crippen molar-refractivity contribution in [2.24, 2.45) is 12.8 Å². The molecule has 0 saturated carbocycles. The molecule has 0 bridgehead atoms. The molecule has 0 aliphatic heterocycles. The highest BCUT2D eigenvalue weighted by Crippen LogP contribution is 2.29. The first-order valence-electron chi connectivity index (χ1n) is 7.00. The van der Waals surface area contributed by atoms with Crippen molar-refractivity contribution in [1.82, 2.24) is 14.5 Å². The van der Waals surface area contributed by atoms with Gasteiger partial charge in [0.05, 0.1) is 11.9 Å². The summed E-state index contributed by atoms with van der Waals surface area (Å²) in [7, 11) is 2.07. The Morgan fingerprint density at radius 3 is 2.95 bits per heavy atom. The van der Waals surface area contributed by atoms with Crippen molar-refractivity contribution in [3.05, 3.63) is 42.5 Å². The Morgan fingerprint density at radius 2 is 2.15 bits per heavy atom. The van der Waals surface area contributed by atoms with Crippen LogP contribution in [0.25, 0.3) is 22.2 Å². The van der Waals surface area contributed by atoms with Crippen molar-refractivity contribution in [2.75, 3.05) is 6.54 Å². The van der Waals surface area contributed by atoms with E-state index >= 15 is 0 Å². The van der Waals surface area contributed by atoms with E-state index in [0.717, 1.165) is 17.9 Å². The highest BCUT2D eigenvalue weighted by molar-refractivity contribution is 5.95. The zero-order valence-electron chi connectivity index (χ0n) is 11.9. The van der Waals surface area contributed by atoms with Gasteiger partial charge < -0.3 is 15.3 Å². The van der Waals surface area contributed by atoms with Crippen LogP contribution in [-0.4, -0.2) is 21.1 Å². The van der Waals surface area contributed by atoms with Gasteiger partial charge in [-0.15, -0.1) is 0 Å². The van der Waals surface area contributed by atoms with Crippen LogP contribution < -0.4 is 5.73 Å². The van der Waals surface area contributed by atoms with Crippen molar-refractivity contribution in [3.63, 3.8) is 0 Å². The number of nitrogens with two attached hydrogens (primary N) is 1. The first kappa shape index (κ1) is 12.9. The second kappa shape index (κ2) is 5.13. The minimum atomic E-state index is 0.365. The zero-order chi connectivity index (χ0) is 14.1. The van der Waals surface area contributed by atoms with Gasteiger partial charge in [-0.3, -0.25) is 0 Å². The number of hydrogen-bond acceptors (Lipinski definition) is 2. The van der Waals surface area contributed by atoms with Gasteiger partial charge in [-0.2, -0.15) is 0 Å². The summed E-state index contributed by atoms with van der Waals surface area (Å²) in [6.45, 7) is 2.84. The van der Waals surface area contributed by atoms with Gasteiger partial charge in [0.1, 0.15) is 5.82 Å². The maximum absolute atomic E-state index is 5.62. The molecule has 3 rings (SSSR count). The van der Waals surface area contributed by atoms with Crippen molar-refractivity contribution >= 4 is 10.9 Å². The molecule has 3 aromatic rings. The lowest BCUT2D eigenvalue weighted by molar-refractivity contribution is 0.655. The van der Waals surface area contributed by atoms with Crippen LogP contribution in [0, 0.1) is 0 Å². The first-order valence-corrected chi connectivity index (χ1v) is 7.00. The molecule has 4 heteroatoms.